The Labute approximate surface area is 183 Å². The Hall–Kier alpha value is -3.14. The molecule has 2 amide bonds. The van der Waals surface area contributed by atoms with E-state index in [9.17, 15) is 14.7 Å². The maximum absolute atomic E-state index is 13.1. The number of aromatic hydroxyl groups is 1. The fourth-order valence-corrected chi connectivity index (χ4v) is 4.74. The summed E-state index contributed by atoms with van der Waals surface area (Å²) in [4.78, 5) is 45.0. The van der Waals surface area contributed by atoms with Gasteiger partial charge in [-0.05, 0) is 61.2 Å². The molecule has 0 atom stereocenters. The molecule has 4 heterocycles. The average molecular weight is 439 g/mol. The highest BCUT2D eigenvalue weighted by atomic mass is 32.2. The van der Waals surface area contributed by atoms with Gasteiger partial charge >= 0.3 is 5.24 Å². The lowest BCUT2D eigenvalue weighted by Gasteiger charge is -2.22. The number of phenols is 1. The number of thioether (sulfide) groups is 1. The minimum Gasteiger partial charge on any atom is -0.508 e. The van der Waals surface area contributed by atoms with Crippen LogP contribution in [0.4, 0.5) is 22.6 Å². The first-order valence-corrected chi connectivity index (χ1v) is 11.2. The van der Waals surface area contributed by atoms with Gasteiger partial charge in [0.1, 0.15) is 5.75 Å². The van der Waals surface area contributed by atoms with E-state index >= 15 is 0 Å². The van der Waals surface area contributed by atoms with Crippen LogP contribution in [0.2, 0.25) is 0 Å². The molecule has 5 rings (SSSR count). The van der Waals surface area contributed by atoms with Crippen molar-refractivity contribution in [2.45, 2.75) is 25.7 Å². The number of amides is 2. The van der Waals surface area contributed by atoms with Crippen LogP contribution in [0.25, 0.3) is 6.08 Å². The number of imide groups is 1. The molecule has 160 valence electrons. The van der Waals surface area contributed by atoms with Gasteiger partial charge in [-0.25, -0.2) is 4.90 Å². The van der Waals surface area contributed by atoms with E-state index in [-0.39, 0.29) is 11.7 Å². The largest absolute Gasteiger partial charge is 0.508 e. The Morgan fingerprint density at radius 2 is 1.32 bits per heavy atom. The van der Waals surface area contributed by atoms with Gasteiger partial charge < -0.3 is 14.9 Å². The van der Waals surface area contributed by atoms with Crippen LogP contribution in [0.5, 0.6) is 5.75 Å². The lowest BCUT2D eigenvalue weighted by molar-refractivity contribution is -0.113. The zero-order chi connectivity index (χ0) is 21.4. The molecule has 3 aliphatic rings. The van der Waals surface area contributed by atoms with Gasteiger partial charge in [0.25, 0.3) is 5.91 Å². The van der Waals surface area contributed by atoms with Crippen molar-refractivity contribution in [1.29, 1.82) is 0 Å². The monoisotopic (exact) mass is 438 g/mol. The van der Waals surface area contributed by atoms with Crippen molar-refractivity contribution in [1.82, 2.24) is 15.0 Å². The number of carbonyl (C=O) groups excluding carboxylic acids is 2. The van der Waals surface area contributed by atoms with Crippen LogP contribution in [0.3, 0.4) is 0 Å². The number of carbonyl (C=O) groups is 2. The highest BCUT2D eigenvalue weighted by molar-refractivity contribution is 8.19. The van der Waals surface area contributed by atoms with Crippen molar-refractivity contribution in [3.8, 4) is 5.75 Å². The van der Waals surface area contributed by atoms with Gasteiger partial charge in [0.15, 0.2) is 0 Å². The number of anilines is 3. The summed E-state index contributed by atoms with van der Waals surface area (Å²) in [5.41, 5.74) is 0.717. The Balaban J connectivity index is 1.50. The Morgan fingerprint density at radius 1 is 0.806 bits per heavy atom. The lowest BCUT2D eigenvalue weighted by Crippen LogP contribution is -2.32. The number of hydrogen-bond acceptors (Lipinski definition) is 9. The Morgan fingerprint density at radius 3 is 1.87 bits per heavy atom. The van der Waals surface area contributed by atoms with E-state index in [0.717, 1.165) is 74.1 Å². The van der Waals surface area contributed by atoms with Crippen molar-refractivity contribution in [2.75, 3.05) is 40.9 Å². The third-order valence-corrected chi connectivity index (χ3v) is 6.43. The minimum absolute atomic E-state index is 0.0791. The molecule has 0 saturated carbocycles. The van der Waals surface area contributed by atoms with E-state index < -0.39 is 11.1 Å². The second-order valence-electron chi connectivity index (χ2n) is 7.73. The van der Waals surface area contributed by atoms with Gasteiger partial charge in [-0.15, -0.1) is 0 Å². The fraction of sp³-hybridized carbons (Fsp3) is 0.381. The molecule has 0 aliphatic carbocycles. The quantitative estimate of drug-likeness (QED) is 0.722. The molecule has 3 aliphatic heterocycles. The molecular weight excluding hydrogens is 416 g/mol. The highest BCUT2D eigenvalue weighted by Crippen LogP contribution is 2.36. The van der Waals surface area contributed by atoms with E-state index in [1.165, 1.54) is 12.1 Å². The van der Waals surface area contributed by atoms with Gasteiger partial charge in [0.05, 0.1) is 4.91 Å². The standard InChI is InChI=1S/C21H22N6O3S/c28-15-7-5-14(6-8-15)13-16-17(29)27(21(30)31-16)20-23-18(25-9-1-2-10-25)22-19(24-20)26-11-3-4-12-26/h5-8,13,28H,1-4,9-12H2/b16-13+. The van der Waals surface area contributed by atoms with E-state index in [4.69, 9.17) is 0 Å². The summed E-state index contributed by atoms with van der Waals surface area (Å²) < 4.78 is 0. The summed E-state index contributed by atoms with van der Waals surface area (Å²) in [6.07, 6.45) is 5.90. The molecule has 10 heteroatoms. The normalized spacial score (nSPS) is 20.5. The summed E-state index contributed by atoms with van der Waals surface area (Å²) in [6.45, 7) is 3.41. The number of aromatic nitrogens is 3. The fourth-order valence-electron chi connectivity index (χ4n) is 3.92. The van der Waals surface area contributed by atoms with E-state index in [1.54, 1.807) is 18.2 Å². The number of phenolic OH excluding ortho intramolecular Hbond substituents is 1. The third-order valence-electron chi connectivity index (χ3n) is 5.56. The molecule has 0 unspecified atom stereocenters. The van der Waals surface area contributed by atoms with Crippen LogP contribution in [-0.2, 0) is 4.79 Å². The summed E-state index contributed by atoms with van der Waals surface area (Å²) in [7, 11) is 0. The first-order valence-electron chi connectivity index (χ1n) is 10.4. The Bertz CT molecular complexity index is 1010. The predicted molar refractivity (Wildman–Crippen MR) is 119 cm³/mol. The third kappa shape index (κ3) is 3.95. The number of nitrogens with zero attached hydrogens (tertiary/aromatic N) is 6. The van der Waals surface area contributed by atoms with Crippen LogP contribution >= 0.6 is 11.8 Å². The molecule has 1 aromatic carbocycles. The lowest BCUT2D eigenvalue weighted by atomic mass is 10.2. The molecule has 31 heavy (non-hydrogen) atoms. The number of hydrogen-bond donors (Lipinski definition) is 1. The Kier molecular flexibility index (Phi) is 5.23. The van der Waals surface area contributed by atoms with Gasteiger partial charge in [0, 0.05) is 26.2 Å². The molecule has 1 aromatic heterocycles. The predicted octanol–water partition coefficient (Wildman–Crippen LogP) is 3.02. The summed E-state index contributed by atoms with van der Waals surface area (Å²) >= 11 is 0.860. The topological polar surface area (TPSA) is 103 Å². The van der Waals surface area contributed by atoms with Crippen molar-refractivity contribution in [2.24, 2.45) is 0 Å². The van der Waals surface area contributed by atoms with Crippen molar-refractivity contribution in [3.63, 3.8) is 0 Å². The smallest absolute Gasteiger partial charge is 0.300 e. The van der Waals surface area contributed by atoms with Crippen LogP contribution in [-0.4, -0.2) is 57.4 Å². The zero-order valence-corrected chi connectivity index (χ0v) is 17.7. The van der Waals surface area contributed by atoms with Crippen molar-refractivity contribution < 1.29 is 14.7 Å². The zero-order valence-electron chi connectivity index (χ0n) is 16.9. The molecule has 1 N–H and O–H groups in total. The van der Waals surface area contributed by atoms with Crippen LogP contribution in [0.1, 0.15) is 31.2 Å². The molecule has 0 bridgehead atoms. The SMILES string of the molecule is O=C1S/C(=C/c2ccc(O)cc2)C(=O)N1c1nc(N2CCCC2)nc(N2CCCC2)n1. The summed E-state index contributed by atoms with van der Waals surface area (Å²) in [6, 6.07) is 6.44. The molecule has 3 saturated heterocycles. The van der Waals surface area contributed by atoms with Gasteiger partial charge in [-0.2, -0.15) is 15.0 Å². The maximum atomic E-state index is 13.1. The van der Waals surface area contributed by atoms with Gasteiger partial charge in [-0.1, -0.05) is 12.1 Å². The molecule has 0 radical (unpaired) electrons. The second-order valence-corrected chi connectivity index (χ2v) is 8.73. The summed E-state index contributed by atoms with van der Waals surface area (Å²) in [5.74, 6) is 0.806. The number of benzene rings is 1. The van der Waals surface area contributed by atoms with Crippen molar-refractivity contribution >= 4 is 46.8 Å². The van der Waals surface area contributed by atoms with E-state index in [2.05, 4.69) is 24.8 Å². The average Bonchev–Trinajstić information content (AvgIpc) is 3.52. The van der Waals surface area contributed by atoms with Gasteiger partial charge in [-0.3, -0.25) is 9.59 Å². The first-order chi connectivity index (χ1) is 15.1. The molecular formula is C21H22N6O3S. The first kappa shape index (κ1) is 19.8. The molecule has 9 nitrogen and oxygen atoms in total. The van der Waals surface area contributed by atoms with Crippen LogP contribution < -0.4 is 14.7 Å². The summed E-state index contributed by atoms with van der Waals surface area (Å²) in [5, 5.41) is 9.02. The maximum Gasteiger partial charge on any atom is 0.300 e. The highest BCUT2D eigenvalue weighted by Gasteiger charge is 2.39. The van der Waals surface area contributed by atoms with Crippen LogP contribution in [0, 0.1) is 0 Å². The molecule has 2 aromatic rings. The number of rotatable bonds is 4. The van der Waals surface area contributed by atoms with Crippen LogP contribution in [0.15, 0.2) is 29.2 Å². The second kappa shape index (κ2) is 8.18. The molecule has 3 fully saturated rings. The van der Waals surface area contributed by atoms with Gasteiger partial charge in [0.2, 0.25) is 17.8 Å². The molecule has 0 spiro atoms. The minimum atomic E-state index is -0.450. The van der Waals surface area contributed by atoms with E-state index in [0.29, 0.717) is 16.8 Å². The van der Waals surface area contributed by atoms with E-state index in [1.807, 2.05) is 0 Å². The van der Waals surface area contributed by atoms with Crippen molar-refractivity contribution in [3.05, 3.63) is 34.7 Å².